The van der Waals surface area contributed by atoms with Gasteiger partial charge in [-0.25, -0.2) is 4.39 Å². The van der Waals surface area contributed by atoms with E-state index in [1.807, 2.05) is 0 Å². The molecule has 5 heteroatoms. The smallest absolute Gasteiger partial charge is 0.251 e. The van der Waals surface area contributed by atoms with Gasteiger partial charge in [-0.15, -0.1) is 0 Å². The standard InChI is InChI=1S/C20H21FN2O2/c1-13-11-18(13)20(25)23-17-4-2-3-15(12-17)19(24)22-10-9-14-5-7-16(21)8-6-14/h2-8,12-13,18H,9-11H2,1H3,(H,22,24)(H,23,25)/t13-,18+/m1/s1. The van der Waals surface area contributed by atoms with Gasteiger partial charge < -0.3 is 10.6 Å². The molecule has 0 spiro atoms. The number of rotatable bonds is 6. The van der Waals surface area contributed by atoms with Gasteiger partial charge in [-0.1, -0.05) is 25.1 Å². The lowest BCUT2D eigenvalue weighted by Gasteiger charge is -2.08. The normalized spacial score (nSPS) is 18.5. The number of halogens is 1. The lowest BCUT2D eigenvalue weighted by molar-refractivity contribution is -0.117. The molecule has 0 aromatic heterocycles. The predicted octanol–water partition coefficient (Wildman–Crippen LogP) is 3.39. The molecule has 1 aliphatic rings. The van der Waals surface area contributed by atoms with Crippen LogP contribution in [0.1, 0.15) is 29.3 Å². The molecule has 4 nitrogen and oxygen atoms in total. The van der Waals surface area contributed by atoms with Gasteiger partial charge in [-0.05, 0) is 54.7 Å². The summed E-state index contributed by atoms with van der Waals surface area (Å²) < 4.78 is 12.9. The van der Waals surface area contributed by atoms with Crippen molar-refractivity contribution < 1.29 is 14.0 Å². The molecular formula is C20H21FN2O2. The number of nitrogens with one attached hydrogen (secondary N) is 2. The lowest BCUT2D eigenvalue weighted by Crippen LogP contribution is -2.25. The zero-order valence-corrected chi connectivity index (χ0v) is 14.1. The zero-order chi connectivity index (χ0) is 17.8. The van der Waals surface area contributed by atoms with E-state index in [4.69, 9.17) is 0 Å². The highest BCUT2D eigenvalue weighted by molar-refractivity contribution is 5.98. The second kappa shape index (κ2) is 7.47. The summed E-state index contributed by atoms with van der Waals surface area (Å²) in [5.41, 5.74) is 2.09. The van der Waals surface area contributed by atoms with Gasteiger partial charge in [-0.3, -0.25) is 9.59 Å². The third-order valence-corrected chi connectivity index (χ3v) is 4.45. The van der Waals surface area contributed by atoms with Crippen LogP contribution in [0.4, 0.5) is 10.1 Å². The number of carbonyl (C=O) groups excluding carboxylic acids is 2. The summed E-state index contributed by atoms with van der Waals surface area (Å²) >= 11 is 0. The zero-order valence-electron chi connectivity index (χ0n) is 14.1. The molecule has 3 rings (SSSR count). The Morgan fingerprint density at radius 2 is 1.88 bits per heavy atom. The fourth-order valence-corrected chi connectivity index (χ4v) is 2.73. The van der Waals surface area contributed by atoms with E-state index in [2.05, 4.69) is 17.6 Å². The second-order valence-corrected chi connectivity index (χ2v) is 6.52. The topological polar surface area (TPSA) is 58.2 Å². The van der Waals surface area contributed by atoms with Crippen LogP contribution >= 0.6 is 0 Å². The van der Waals surface area contributed by atoms with Gasteiger partial charge in [0.1, 0.15) is 5.82 Å². The van der Waals surface area contributed by atoms with Crippen LogP contribution in [0.25, 0.3) is 0 Å². The van der Waals surface area contributed by atoms with Crippen LogP contribution in [0.15, 0.2) is 48.5 Å². The first-order valence-electron chi connectivity index (χ1n) is 8.46. The van der Waals surface area contributed by atoms with Crippen molar-refractivity contribution in [2.24, 2.45) is 11.8 Å². The Morgan fingerprint density at radius 1 is 1.16 bits per heavy atom. The van der Waals surface area contributed by atoms with E-state index < -0.39 is 0 Å². The average molecular weight is 340 g/mol. The minimum absolute atomic E-state index is 0.0152. The van der Waals surface area contributed by atoms with Gasteiger partial charge in [-0.2, -0.15) is 0 Å². The van der Waals surface area contributed by atoms with Gasteiger partial charge >= 0.3 is 0 Å². The van der Waals surface area contributed by atoms with E-state index in [1.54, 1.807) is 36.4 Å². The fraction of sp³-hybridized carbons (Fsp3) is 0.300. The Bertz CT molecular complexity index is 774. The molecule has 2 atom stereocenters. The summed E-state index contributed by atoms with van der Waals surface area (Å²) in [4.78, 5) is 24.2. The molecule has 2 N–H and O–H groups in total. The minimum atomic E-state index is -0.271. The molecular weight excluding hydrogens is 319 g/mol. The molecule has 0 heterocycles. The quantitative estimate of drug-likeness (QED) is 0.847. The summed E-state index contributed by atoms with van der Waals surface area (Å²) in [6.45, 7) is 2.51. The summed E-state index contributed by atoms with van der Waals surface area (Å²) in [6, 6.07) is 13.1. The number of hydrogen-bond acceptors (Lipinski definition) is 2. The van der Waals surface area contributed by atoms with Gasteiger partial charge in [0, 0.05) is 23.7 Å². The summed E-state index contributed by atoms with van der Waals surface area (Å²) in [5, 5.41) is 5.70. The Hall–Kier alpha value is -2.69. The van der Waals surface area contributed by atoms with E-state index in [9.17, 15) is 14.0 Å². The van der Waals surface area contributed by atoms with Crippen molar-refractivity contribution in [3.8, 4) is 0 Å². The highest BCUT2D eigenvalue weighted by Gasteiger charge is 2.39. The fourth-order valence-electron chi connectivity index (χ4n) is 2.73. The van der Waals surface area contributed by atoms with Crippen molar-refractivity contribution in [3.63, 3.8) is 0 Å². The van der Waals surface area contributed by atoms with E-state index >= 15 is 0 Å². The molecule has 0 radical (unpaired) electrons. The van der Waals surface area contributed by atoms with Crippen LogP contribution in [-0.2, 0) is 11.2 Å². The molecule has 1 saturated carbocycles. The first-order valence-corrected chi connectivity index (χ1v) is 8.46. The van der Waals surface area contributed by atoms with Crippen LogP contribution in [0, 0.1) is 17.7 Å². The molecule has 0 aliphatic heterocycles. The van der Waals surface area contributed by atoms with Crippen LogP contribution in [0.5, 0.6) is 0 Å². The number of anilines is 1. The van der Waals surface area contributed by atoms with Crippen molar-refractivity contribution in [2.75, 3.05) is 11.9 Å². The predicted molar refractivity (Wildman–Crippen MR) is 94.8 cm³/mol. The van der Waals surface area contributed by atoms with Crippen LogP contribution in [0.2, 0.25) is 0 Å². The Morgan fingerprint density at radius 3 is 2.56 bits per heavy atom. The summed E-state index contributed by atoms with van der Waals surface area (Å²) in [6.07, 6.45) is 1.55. The van der Waals surface area contributed by atoms with Gasteiger partial charge in [0.2, 0.25) is 5.91 Å². The Labute approximate surface area is 146 Å². The number of carbonyl (C=O) groups is 2. The first kappa shape index (κ1) is 17.1. The highest BCUT2D eigenvalue weighted by Crippen LogP contribution is 2.38. The molecule has 1 aliphatic carbocycles. The molecule has 0 bridgehead atoms. The number of benzene rings is 2. The van der Waals surface area contributed by atoms with Crippen molar-refractivity contribution in [1.29, 1.82) is 0 Å². The molecule has 130 valence electrons. The van der Waals surface area contributed by atoms with Gasteiger partial charge in [0.05, 0.1) is 0 Å². The van der Waals surface area contributed by atoms with Gasteiger partial charge in [0.25, 0.3) is 5.91 Å². The largest absolute Gasteiger partial charge is 0.352 e. The molecule has 2 aromatic carbocycles. The molecule has 2 aromatic rings. The molecule has 2 amide bonds. The third kappa shape index (κ3) is 4.66. The van der Waals surface area contributed by atoms with Crippen LogP contribution in [0.3, 0.4) is 0 Å². The number of amides is 2. The first-order chi connectivity index (χ1) is 12.0. The average Bonchev–Trinajstić information content (AvgIpc) is 3.34. The van der Waals surface area contributed by atoms with E-state index in [0.717, 1.165) is 12.0 Å². The number of hydrogen-bond donors (Lipinski definition) is 2. The molecule has 0 unspecified atom stereocenters. The highest BCUT2D eigenvalue weighted by atomic mass is 19.1. The minimum Gasteiger partial charge on any atom is -0.352 e. The monoisotopic (exact) mass is 340 g/mol. The SMILES string of the molecule is C[C@@H]1C[C@@H]1C(=O)Nc1cccc(C(=O)NCCc2ccc(F)cc2)c1. The van der Waals surface area contributed by atoms with Gasteiger partial charge in [0.15, 0.2) is 0 Å². The molecule has 1 fully saturated rings. The maximum atomic E-state index is 12.9. The maximum absolute atomic E-state index is 12.9. The summed E-state index contributed by atoms with van der Waals surface area (Å²) in [5.74, 6) is 0.0812. The Balaban J connectivity index is 1.52. The Kier molecular flexibility index (Phi) is 5.12. The lowest BCUT2D eigenvalue weighted by atomic mass is 10.1. The molecule has 25 heavy (non-hydrogen) atoms. The second-order valence-electron chi connectivity index (χ2n) is 6.52. The van der Waals surface area contributed by atoms with Crippen molar-refractivity contribution in [2.45, 2.75) is 19.8 Å². The van der Waals surface area contributed by atoms with Crippen molar-refractivity contribution in [1.82, 2.24) is 5.32 Å². The van der Waals surface area contributed by atoms with E-state index in [-0.39, 0.29) is 23.5 Å². The third-order valence-electron chi connectivity index (χ3n) is 4.45. The van der Waals surface area contributed by atoms with Crippen LogP contribution in [-0.4, -0.2) is 18.4 Å². The molecule has 0 saturated heterocycles. The van der Waals surface area contributed by atoms with Crippen LogP contribution < -0.4 is 10.6 Å². The van der Waals surface area contributed by atoms with E-state index in [1.165, 1.54) is 12.1 Å². The van der Waals surface area contributed by atoms with Crippen molar-refractivity contribution >= 4 is 17.5 Å². The van der Waals surface area contributed by atoms with E-state index in [0.29, 0.717) is 30.1 Å². The van der Waals surface area contributed by atoms with Crippen molar-refractivity contribution in [3.05, 3.63) is 65.5 Å². The summed E-state index contributed by atoms with van der Waals surface area (Å²) in [7, 11) is 0. The maximum Gasteiger partial charge on any atom is 0.251 e.